The summed E-state index contributed by atoms with van der Waals surface area (Å²) in [5.41, 5.74) is 2.67. The van der Waals surface area contributed by atoms with Crippen LogP contribution in [-0.2, 0) is 13.1 Å². The molecule has 7 heteroatoms. The Morgan fingerprint density at radius 3 is 2.67 bits per heavy atom. The number of aromatic nitrogens is 3. The van der Waals surface area contributed by atoms with E-state index in [-0.39, 0.29) is 12.1 Å². The van der Waals surface area contributed by atoms with Crippen molar-refractivity contribution in [2.75, 3.05) is 5.32 Å². The number of benzene rings is 1. The minimum absolute atomic E-state index is 0.0299. The predicted octanol–water partition coefficient (Wildman–Crippen LogP) is 3.44. The van der Waals surface area contributed by atoms with Crippen molar-refractivity contribution in [2.45, 2.75) is 33.0 Å². The van der Waals surface area contributed by atoms with Gasteiger partial charge in [0.1, 0.15) is 5.69 Å². The van der Waals surface area contributed by atoms with Gasteiger partial charge in [0.2, 0.25) is 5.88 Å². The van der Waals surface area contributed by atoms with Crippen LogP contribution in [-0.4, -0.2) is 26.9 Å². The fraction of sp³-hybridized carbons (Fsp3) is 0.250. The summed E-state index contributed by atoms with van der Waals surface area (Å²) in [6.45, 7) is 4.88. The van der Waals surface area contributed by atoms with Gasteiger partial charge in [0, 0.05) is 25.1 Å². The number of hydrogen-bond acceptors (Lipinski definition) is 4. The quantitative estimate of drug-likeness (QED) is 0.672. The standard InChI is InChI=1S/C20H23N5O2/c1-15(2)27-19-18(9-5-10-21-19)24-20(26)22-13-16-7-3-4-8-17(16)14-25-12-6-11-23-25/h3-12,15H,13-14H2,1-2H3,(H2,22,24,26). The van der Waals surface area contributed by atoms with Crippen molar-refractivity contribution in [1.82, 2.24) is 20.1 Å². The number of carbonyl (C=O) groups excluding carboxylic acids is 1. The Hall–Kier alpha value is -3.35. The van der Waals surface area contributed by atoms with Crippen molar-refractivity contribution in [3.63, 3.8) is 0 Å². The van der Waals surface area contributed by atoms with Crippen molar-refractivity contribution in [3.05, 3.63) is 72.2 Å². The molecule has 140 valence electrons. The lowest BCUT2D eigenvalue weighted by Crippen LogP contribution is -2.29. The zero-order valence-corrected chi connectivity index (χ0v) is 15.4. The topological polar surface area (TPSA) is 81.1 Å². The molecule has 1 aromatic carbocycles. The van der Waals surface area contributed by atoms with Gasteiger partial charge in [0.05, 0.1) is 12.6 Å². The van der Waals surface area contributed by atoms with Crippen LogP contribution in [0.15, 0.2) is 61.1 Å². The highest BCUT2D eigenvalue weighted by molar-refractivity contribution is 5.90. The molecule has 7 nitrogen and oxygen atoms in total. The van der Waals surface area contributed by atoms with Crippen LogP contribution in [0.25, 0.3) is 0 Å². The summed E-state index contributed by atoms with van der Waals surface area (Å²) in [5, 5.41) is 9.91. The second-order valence-corrected chi connectivity index (χ2v) is 6.30. The molecule has 0 bridgehead atoms. The van der Waals surface area contributed by atoms with Gasteiger partial charge >= 0.3 is 6.03 Å². The van der Waals surface area contributed by atoms with Crippen molar-refractivity contribution < 1.29 is 9.53 Å². The van der Waals surface area contributed by atoms with Crippen molar-refractivity contribution in [1.29, 1.82) is 0 Å². The third-order valence-electron chi connectivity index (χ3n) is 3.82. The maximum Gasteiger partial charge on any atom is 0.319 e. The lowest BCUT2D eigenvalue weighted by Gasteiger charge is -2.14. The smallest absolute Gasteiger partial charge is 0.319 e. The van der Waals surface area contributed by atoms with Crippen molar-refractivity contribution in [2.24, 2.45) is 0 Å². The largest absolute Gasteiger partial charge is 0.473 e. The number of ether oxygens (including phenoxy) is 1. The Balaban J connectivity index is 1.62. The molecule has 0 saturated carbocycles. The molecule has 3 aromatic rings. The molecule has 0 unspecified atom stereocenters. The molecular formula is C20H23N5O2. The lowest BCUT2D eigenvalue weighted by molar-refractivity contribution is 0.233. The van der Waals surface area contributed by atoms with E-state index in [1.807, 2.05) is 55.1 Å². The van der Waals surface area contributed by atoms with E-state index in [1.165, 1.54) is 0 Å². The summed E-state index contributed by atoms with van der Waals surface area (Å²) >= 11 is 0. The molecule has 0 radical (unpaired) electrons. The molecule has 0 aliphatic rings. The number of carbonyl (C=O) groups is 1. The number of nitrogens with one attached hydrogen (secondary N) is 2. The fourth-order valence-electron chi connectivity index (χ4n) is 2.60. The van der Waals surface area contributed by atoms with Crippen LogP contribution in [0.2, 0.25) is 0 Å². The van der Waals surface area contributed by atoms with E-state index < -0.39 is 0 Å². The monoisotopic (exact) mass is 365 g/mol. The third kappa shape index (κ3) is 5.31. The lowest BCUT2D eigenvalue weighted by atomic mass is 10.1. The van der Waals surface area contributed by atoms with E-state index in [1.54, 1.807) is 24.5 Å². The van der Waals surface area contributed by atoms with Gasteiger partial charge in [-0.1, -0.05) is 24.3 Å². The van der Waals surface area contributed by atoms with Gasteiger partial charge in [-0.15, -0.1) is 0 Å². The van der Waals surface area contributed by atoms with Gasteiger partial charge < -0.3 is 15.4 Å². The van der Waals surface area contributed by atoms with E-state index in [0.29, 0.717) is 24.7 Å². The van der Waals surface area contributed by atoms with E-state index in [2.05, 4.69) is 20.7 Å². The third-order valence-corrected chi connectivity index (χ3v) is 3.82. The molecular weight excluding hydrogens is 342 g/mol. The second-order valence-electron chi connectivity index (χ2n) is 6.30. The molecule has 0 saturated heterocycles. The number of pyridine rings is 1. The molecule has 0 atom stereocenters. The van der Waals surface area contributed by atoms with Gasteiger partial charge in [-0.2, -0.15) is 5.10 Å². The van der Waals surface area contributed by atoms with Gasteiger partial charge in [0.25, 0.3) is 0 Å². The summed E-state index contributed by atoms with van der Waals surface area (Å²) < 4.78 is 7.47. The molecule has 27 heavy (non-hydrogen) atoms. The highest BCUT2D eigenvalue weighted by Crippen LogP contribution is 2.21. The molecule has 0 spiro atoms. The Labute approximate surface area is 158 Å². The first-order chi connectivity index (χ1) is 13.1. The zero-order chi connectivity index (χ0) is 19.1. The number of urea groups is 1. The van der Waals surface area contributed by atoms with Gasteiger partial charge in [-0.3, -0.25) is 4.68 Å². The molecule has 0 fully saturated rings. The zero-order valence-electron chi connectivity index (χ0n) is 15.4. The predicted molar refractivity (Wildman–Crippen MR) is 104 cm³/mol. The maximum atomic E-state index is 12.3. The average Bonchev–Trinajstić information content (AvgIpc) is 3.15. The summed E-state index contributed by atoms with van der Waals surface area (Å²) in [4.78, 5) is 16.5. The first-order valence-electron chi connectivity index (χ1n) is 8.82. The van der Waals surface area contributed by atoms with Crippen molar-refractivity contribution >= 4 is 11.7 Å². The van der Waals surface area contributed by atoms with Gasteiger partial charge in [0.15, 0.2) is 0 Å². The van der Waals surface area contributed by atoms with Crippen LogP contribution < -0.4 is 15.4 Å². The molecule has 0 aliphatic carbocycles. The highest BCUT2D eigenvalue weighted by Gasteiger charge is 2.11. The summed E-state index contributed by atoms with van der Waals surface area (Å²) in [7, 11) is 0. The van der Waals surface area contributed by atoms with Crippen LogP contribution in [0, 0.1) is 0 Å². The van der Waals surface area contributed by atoms with Crippen LogP contribution in [0.1, 0.15) is 25.0 Å². The number of rotatable bonds is 7. The van der Waals surface area contributed by atoms with Crippen molar-refractivity contribution in [3.8, 4) is 5.88 Å². The molecule has 2 heterocycles. The number of nitrogens with zero attached hydrogens (tertiary/aromatic N) is 3. The normalized spacial score (nSPS) is 10.6. The molecule has 0 aliphatic heterocycles. The maximum absolute atomic E-state index is 12.3. The van der Waals surface area contributed by atoms with Crippen LogP contribution >= 0.6 is 0 Å². The van der Waals surface area contributed by atoms with E-state index in [0.717, 1.165) is 11.1 Å². The van der Waals surface area contributed by atoms with E-state index in [9.17, 15) is 4.79 Å². The van der Waals surface area contributed by atoms with Gasteiger partial charge in [-0.25, -0.2) is 9.78 Å². The Morgan fingerprint density at radius 1 is 1.11 bits per heavy atom. The summed E-state index contributed by atoms with van der Waals surface area (Å²) in [5.74, 6) is 0.404. The molecule has 3 rings (SSSR count). The number of hydrogen-bond donors (Lipinski definition) is 2. The van der Waals surface area contributed by atoms with Crippen LogP contribution in [0.5, 0.6) is 5.88 Å². The summed E-state index contributed by atoms with van der Waals surface area (Å²) in [6, 6.07) is 13.1. The van der Waals surface area contributed by atoms with E-state index in [4.69, 9.17) is 4.74 Å². The summed E-state index contributed by atoms with van der Waals surface area (Å²) in [6.07, 6.45) is 5.26. The second kappa shape index (κ2) is 8.84. The van der Waals surface area contributed by atoms with Gasteiger partial charge in [-0.05, 0) is 43.2 Å². The Kier molecular flexibility index (Phi) is 6.04. The minimum atomic E-state index is -0.314. The first kappa shape index (κ1) is 18.4. The van der Waals surface area contributed by atoms with E-state index >= 15 is 0 Å². The molecule has 2 N–H and O–H groups in total. The van der Waals surface area contributed by atoms with Crippen LogP contribution in [0.4, 0.5) is 10.5 Å². The average molecular weight is 365 g/mol. The Bertz CT molecular complexity index is 878. The molecule has 2 amide bonds. The molecule has 2 aromatic heterocycles. The number of anilines is 1. The number of amides is 2. The minimum Gasteiger partial charge on any atom is -0.473 e. The first-order valence-corrected chi connectivity index (χ1v) is 8.82. The SMILES string of the molecule is CC(C)Oc1ncccc1NC(=O)NCc1ccccc1Cn1cccn1. The van der Waals surface area contributed by atoms with Crippen LogP contribution in [0.3, 0.4) is 0 Å². The highest BCUT2D eigenvalue weighted by atomic mass is 16.5. The Morgan fingerprint density at radius 2 is 1.93 bits per heavy atom. The fourth-order valence-corrected chi connectivity index (χ4v) is 2.60.